The van der Waals surface area contributed by atoms with Gasteiger partial charge in [-0.3, -0.25) is 4.84 Å². The molecule has 0 saturated carbocycles. The largest absolute Gasteiger partial charge is 0.396 e. The molecule has 2 heterocycles. The summed E-state index contributed by atoms with van der Waals surface area (Å²) in [6.45, 7) is 17.6. The van der Waals surface area contributed by atoms with Crippen LogP contribution in [0.25, 0.3) is 0 Å². The van der Waals surface area contributed by atoms with E-state index in [9.17, 15) is 10.2 Å². The number of hydroxylamine groups is 2. The molecule has 0 aliphatic carbocycles. The van der Waals surface area contributed by atoms with Crippen molar-refractivity contribution in [1.29, 1.82) is 0 Å². The smallest absolute Gasteiger partial charge is 0.198 e. The fourth-order valence-electron chi connectivity index (χ4n) is 5.50. The first-order chi connectivity index (χ1) is 12.2. The van der Waals surface area contributed by atoms with E-state index in [4.69, 9.17) is 4.84 Å². The molecule has 2 aliphatic heterocycles. The van der Waals surface area contributed by atoms with Gasteiger partial charge in [0.1, 0.15) is 0 Å². The van der Waals surface area contributed by atoms with Crippen molar-refractivity contribution in [2.75, 3.05) is 6.61 Å². The van der Waals surface area contributed by atoms with Gasteiger partial charge in [-0.2, -0.15) is 5.06 Å². The zero-order chi connectivity index (χ0) is 20.7. The van der Waals surface area contributed by atoms with Gasteiger partial charge in [0.25, 0.3) is 0 Å². The summed E-state index contributed by atoms with van der Waals surface area (Å²) in [5, 5.41) is 25.8. The molecule has 0 bridgehead atoms. The van der Waals surface area contributed by atoms with Crippen molar-refractivity contribution in [3.8, 4) is 0 Å². The molecule has 1 atom stereocenters. The van der Waals surface area contributed by atoms with Gasteiger partial charge in [-0.1, -0.05) is 6.08 Å². The highest BCUT2D eigenvalue weighted by Crippen LogP contribution is 2.44. The molecule has 0 radical (unpaired) electrons. The van der Waals surface area contributed by atoms with Gasteiger partial charge in [-0.15, -0.1) is 0 Å². The molecule has 1 saturated heterocycles. The number of piperidine rings is 1. The molecule has 0 aromatic carbocycles. The van der Waals surface area contributed by atoms with Gasteiger partial charge in [0.05, 0.1) is 0 Å². The van der Waals surface area contributed by atoms with Crippen LogP contribution in [-0.2, 0) is 4.84 Å². The predicted octanol–water partition coefficient (Wildman–Crippen LogP) is 3.76. The molecule has 1 unspecified atom stereocenters. The lowest BCUT2D eigenvalue weighted by Crippen LogP contribution is -2.63. The topological polar surface area (TPSA) is 65.0 Å². The van der Waals surface area contributed by atoms with Gasteiger partial charge in [-0.05, 0) is 93.4 Å². The molecule has 0 spiro atoms. The molecule has 3 N–H and O–H groups in total. The zero-order valence-corrected chi connectivity index (χ0v) is 18.7. The summed E-state index contributed by atoms with van der Waals surface area (Å²) in [6, 6.07) is 0. The Morgan fingerprint density at radius 3 is 2.15 bits per heavy atom. The fourth-order valence-corrected chi connectivity index (χ4v) is 5.50. The van der Waals surface area contributed by atoms with Crippen LogP contribution in [-0.4, -0.2) is 50.3 Å². The average Bonchev–Trinajstić information content (AvgIpc) is 2.46. The molecule has 0 aromatic heterocycles. The Kier molecular flexibility index (Phi) is 6.55. The van der Waals surface area contributed by atoms with E-state index < -0.39 is 6.29 Å². The van der Waals surface area contributed by atoms with Crippen LogP contribution in [0, 0.1) is 5.92 Å². The van der Waals surface area contributed by atoms with E-state index in [-0.39, 0.29) is 28.8 Å². The number of nitrogens with zero attached hydrogens (tertiary/aromatic N) is 1. The second-order valence-corrected chi connectivity index (χ2v) is 11.0. The van der Waals surface area contributed by atoms with Crippen molar-refractivity contribution in [2.24, 2.45) is 5.92 Å². The number of hydrogen-bond acceptors (Lipinski definition) is 5. The Balaban J connectivity index is 2.16. The van der Waals surface area contributed by atoms with E-state index in [2.05, 4.69) is 66.8 Å². The van der Waals surface area contributed by atoms with Crippen molar-refractivity contribution in [1.82, 2.24) is 10.4 Å². The van der Waals surface area contributed by atoms with Crippen LogP contribution in [0.15, 0.2) is 11.6 Å². The van der Waals surface area contributed by atoms with Gasteiger partial charge in [0.15, 0.2) is 6.29 Å². The third-order valence-electron chi connectivity index (χ3n) is 6.12. The van der Waals surface area contributed by atoms with E-state index in [1.165, 1.54) is 0 Å². The van der Waals surface area contributed by atoms with E-state index in [1.807, 2.05) is 5.06 Å². The zero-order valence-electron chi connectivity index (χ0n) is 18.7. The number of rotatable bonds is 6. The molecule has 2 rings (SSSR count). The second-order valence-electron chi connectivity index (χ2n) is 11.0. The lowest BCUT2D eigenvalue weighted by Gasteiger charge is -2.55. The third kappa shape index (κ3) is 5.33. The molecule has 5 nitrogen and oxygen atoms in total. The first kappa shape index (κ1) is 22.8. The van der Waals surface area contributed by atoms with E-state index in [1.54, 1.807) is 0 Å². The summed E-state index contributed by atoms with van der Waals surface area (Å²) in [5.41, 5.74) is 0.213. The highest BCUT2D eigenvalue weighted by molar-refractivity contribution is 5.25. The Labute approximate surface area is 166 Å². The van der Waals surface area contributed by atoms with Crippen LogP contribution in [0.1, 0.15) is 87.5 Å². The van der Waals surface area contributed by atoms with Crippen molar-refractivity contribution in [3.05, 3.63) is 11.6 Å². The van der Waals surface area contributed by atoms with Gasteiger partial charge < -0.3 is 15.5 Å². The predicted molar refractivity (Wildman–Crippen MR) is 110 cm³/mol. The Morgan fingerprint density at radius 1 is 1.11 bits per heavy atom. The molecular weight excluding hydrogens is 340 g/mol. The molecule has 0 amide bonds. The van der Waals surface area contributed by atoms with Gasteiger partial charge in [0, 0.05) is 34.3 Å². The minimum Gasteiger partial charge on any atom is -0.396 e. The molecule has 1 fully saturated rings. The van der Waals surface area contributed by atoms with Crippen LogP contribution in [0.3, 0.4) is 0 Å². The van der Waals surface area contributed by atoms with E-state index >= 15 is 0 Å². The maximum atomic E-state index is 11.0. The number of hydrogen-bond donors (Lipinski definition) is 3. The summed E-state index contributed by atoms with van der Waals surface area (Å²) in [6.07, 6.45) is 5.92. The third-order valence-corrected chi connectivity index (χ3v) is 6.12. The Bertz CT molecular complexity index is 534. The quantitative estimate of drug-likeness (QED) is 0.482. The standard InChI is InChI=1S/C22H42N2O3/c1-19(2)12-11-17(22(7,8)23-19)18(26)27-24-20(3,4)14-16(10-9-13-25)15-21(24,5)6/h11,16,18,23,25-26H,9-10,12-15H2,1-8H3. The summed E-state index contributed by atoms with van der Waals surface area (Å²) in [5.74, 6) is 0.562. The van der Waals surface area contributed by atoms with Crippen LogP contribution in [0.2, 0.25) is 0 Å². The molecule has 27 heavy (non-hydrogen) atoms. The second kappa shape index (κ2) is 7.75. The monoisotopic (exact) mass is 382 g/mol. The molecule has 0 aromatic rings. The lowest BCUT2D eigenvalue weighted by molar-refractivity contribution is -0.341. The molecule has 2 aliphatic rings. The van der Waals surface area contributed by atoms with E-state index in [0.29, 0.717) is 5.92 Å². The minimum absolute atomic E-state index is 0.0102. The molecular formula is C22H42N2O3. The maximum Gasteiger partial charge on any atom is 0.198 e. The van der Waals surface area contributed by atoms with Gasteiger partial charge in [0.2, 0.25) is 0 Å². The van der Waals surface area contributed by atoms with Crippen molar-refractivity contribution < 1.29 is 15.1 Å². The van der Waals surface area contributed by atoms with Crippen molar-refractivity contribution >= 4 is 0 Å². The number of aliphatic hydroxyl groups is 2. The average molecular weight is 383 g/mol. The molecule has 158 valence electrons. The van der Waals surface area contributed by atoms with Gasteiger partial charge >= 0.3 is 0 Å². The maximum absolute atomic E-state index is 11.0. The van der Waals surface area contributed by atoms with Crippen molar-refractivity contribution in [3.63, 3.8) is 0 Å². The number of aliphatic hydroxyl groups excluding tert-OH is 2. The lowest BCUT2D eigenvalue weighted by atomic mass is 9.74. The van der Waals surface area contributed by atoms with Crippen LogP contribution < -0.4 is 5.32 Å². The normalized spacial score (nSPS) is 28.6. The van der Waals surface area contributed by atoms with Crippen LogP contribution >= 0.6 is 0 Å². The first-order valence-electron chi connectivity index (χ1n) is 10.5. The van der Waals surface area contributed by atoms with Crippen LogP contribution in [0.5, 0.6) is 0 Å². The summed E-state index contributed by atoms with van der Waals surface area (Å²) >= 11 is 0. The van der Waals surface area contributed by atoms with Crippen molar-refractivity contribution in [2.45, 2.75) is 116 Å². The Hall–Kier alpha value is -0.460. The summed E-state index contributed by atoms with van der Waals surface area (Å²) in [4.78, 5) is 6.25. The Morgan fingerprint density at radius 2 is 1.67 bits per heavy atom. The van der Waals surface area contributed by atoms with Gasteiger partial charge in [-0.25, -0.2) is 0 Å². The summed E-state index contributed by atoms with van der Waals surface area (Å²) in [7, 11) is 0. The minimum atomic E-state index is -0.962. The highest BCUT2D eigenvalue weighted by Gasteiger charge is 2.48. The van der Waals surface area contributed by atoms with E-state index in [0.717, 1.165) is 37.7 Å². The number of nitrogens with one attached hydrogen (secondary N) is 1. The molecule has 5 heteroatoms. The first-order valence-corrected chi connectivity index (χ1v) is 10.5. The fraction of sp³-hybridized carbons (Fsp3) is 0.909. The van der Waals surface area contributed by atoms with Crippen LogP contribution in [0.4, 0.5) is 0 Å². The summed E-state index contributed by atoms with van der Waals surface area (Å²) < 4.78 is 0. The highest BCUT2D eigenvalue weighted by atomic mass is 16.8. The SMILES string of the molecule is CC1(C)CC=C(C(O)ON2C(C)(C)CC(CCCO)CC2(C)C)C(C)(C)N1.